The predicted molar refractivity (Wildman–Crippen MR) is 173 cm³/mol. The molecule has 0 aliphatic carbocycles. The summed E-state index contributed by atoms with van der Waals surface area (Å²) < 4.78 is -0.796. The van der Waals surface area contributed by atoms with E-state index < -0.39 is 16.6 Å². The van der Waals surface area contributed by atoms with Crippen molar-refractivity contribution in [3.63, 3.8) is 0 Å². The molecule has 0 aliphatic rings. The number of carbonyl (C=O) groups excluding carboxylic acids is 3. The van der Waals surface area contributed by atoms with E-state index in [0.717, 1.165) is 10.5 Å². The van der Waals surface area contributed by atoms with Crippen LogP contribution in [0.25, 0.3) is 6.08 Å². The molecule has 0 aromatic heterocycles. The number of nitrogens with one attached hydrogen (secondary N) is 3. The summed E-state index contributed by atoms with van der Waals surface area (Å²) >= 11 is 13.6. The van der Waals surface area contributed by atoms with E-state index in [1.165, 1.54) is 11.8 Å². The molecule has 0 heterocycles. The van der Waals surface area contributed by atoms with Gasteiger partial charge in [-0.25, -0.2) is 0 Å². The van der Waals surface area contributed by atoms with E-state index in [9.17, 15) is 14.4 Å². The molecule has 0 bridgehead atoms. The fourth-order valence-electron chi connectivity index (χ4n) is 3.83. The first-order valence-corrected chi connectivity index (χ1v) is 14.6. The van der Waals surface area contributed by atoms with Crippen LogP contribution in [-0.4, -0.2) is 22.5 Å². The summed E-state index contributed by atoms with van der Waals surface area (Å²) in [7, 11) is 0. The normalized spacial score (nSPS) is 11.5. The van der Waals surface area contributed by atoms with Crippen molar-refractivity contribution in [1.29, 1.82) is 0 Å². The Labute approximate surface area is 259 Å². The highest BCUT2D eigenvalue weighted by molar-refractivity contribution is 8.01. The number of hydrogen-bond acceptors (Lipinski definition) is 4. The average Bonchev–Trinajstić information content (AvgIpc) is 2.97. The maximum absolute atomic E-state index is 13.3. The third-order valence-corrected chi connectivity index (χ3v) is 8.12. The molecule has 3 N–H and O–H groups in total. The van der Waals surface area contributed by atoms with Crippen LogP contribution in [0.3, 0.4) is 0 Å². The Morgan fingerprint density at radius 2 is 1.45 bits per heavy atom. The zero-order valence-electron chi connectivity index (χ0n) is 23.2. The van der Waals surface area contributed by atoms with Crippen LogP contribution in [0.4, 0.5) is 11.4 Å². The number of carbonyl (C=O) groups is 3. The van der Waals surface area contributed by atoms with Gasteiger partial charge in [0.1, 0.15) is 5.70 Å². The highest BCUT2D eigenvalue weighted by Gasteiger charge is 2.29. The van der Waals surface area contributed by atoms with Gasteiger partial charge in [0.05, 0.1) is 4.75 Å². The highest BCUT2D eigenvalue weighted by atomic mass is 35.5. The minimum Gasteiger partial charge on any atom is -0.325 e. The van der Waals surface area contributed by atoms with E-state index in [0.29, 0.717) is 32.5 Å². The third-order valence-electron chi connectivity index (χ3n) is 6.26. The van der Waals surface area contributed by atoms with E-state index in [1.807, 2.05) is 45.0 Å². The first kappa shape index (κ1) is 30.9. The van der Waals surface area contributed by atoms with E-state index in [1.54, 1.807) is 78.9 Å². The van der Waals surface area contributed by atoms with Crippen molar-refractivity contribution in [1.82, 2.24) is 5.32 Å². The molecule has 0 spiro atoms. The van der Waals surface area contributed by atoms with Crippen LogP contribution in [0.15, 0.2) is 108 Å². The van der Waals surface area contributed by atoms with Crippen molar-refractivity contribution in [3.8, 4) is 0 Å². The molecular weight excluding hydrogens is 589 g/mol. The quantitative estimate of drug-likeness (QED) is 0.130. The van der Waals surface area contributed by atoms with E-state index >= 15 is 0 Å². The van der Waals surface area contributed by atoms with Crippen LogP contribution in [0.1, 0.15) is 35.3 Å². The van der Waals surface area contributed by atoms with Crippen molar-refractivity contribution in [3.05, 3.63) is 129 Å². The molecule has 3 amide bonds. The maximum Gasteiger partial charge on any atom is 0.272 e. The van der Waals surface area contributed by atoms with E-state index in [-0.39, 0.29) is 11.6 Å². The zero-order chi connectivity index (χ0) is 30.3. The number of halogens is 2. The maximum atomic E-state index is 13.3. The third kappa shape index (κ3) is 8.26. The molecule has 4 aromatic rings. The number of benzene rings is 4. The zero-order valence-corrected chi connectivity index (χ0v) is 25.5. The van der Waals surface area contributed by atoms with Gasteiger partial charge in [-0.2, -0.15) is 0 Å². The summed E-state index contributed by atoms with van der Waals surface area (Å²) in [5.41, 5.74) is 3.18. The number of amides is 3. The lowest BCUT2D eigenvalue weighted by Gasteiger charge is -2.24. The fourth-order valence-corrected chi connectivity index (χ4v) is 5.14. The van der Waals surface area contributed by atoms with Crippen LogP contribution in [0, 0.1) is 6.92 Å². The minimum atomic E-state index is -0.796. The summed E-state index contributed by atoms with van der Waals surface area (Å²) in [5.74, 6) is -1.07. The molecule has 0 atom stereocenters. The van der Waals surface area contributed by atoms with Crippen LogP contribution < -0.4 is 16.0 Å². The van der Waals surface area contributed by atoms with Crippen molar-refractivity contribution >= 4 is 70.1 Å². The Balaban J connectivity index is 1.46. The van der Waals surface area contributed by atoms with E-state index in [4.69, 9.17) is 23.2 Å². The minimum absolute atomic E-state index is 0.0683. The lowest BCUT2D eigenvalue weighted by molar-refractivity contribution is -0.117. The topological polar surface area (TPSA) is 87.3 Å². The van der Waals surface area contributed by atoms with Crippen molar-refractivity contribution in [2.75, 3.05) is 10.6 Å². The smallest absolute Gasteiger partial charge is 0.272 e. The van der Waals surface area contributed by atoms with Crippen molar-refractivity contribution in [2.24, 2.45) is 0 Å². The number of anilines is 2. The summed E-state index contributed by atoms with van der Waals surface area (Å²) in [6, 6.07) is 28.1. The predicted octanol–water partition coefficient (Wildman–Crippen LogP) is 8.22. The van der Waals surface area contributed by atoms with Gasteiger partial charge in [0.25, 0.3) is 11.8 Å². The Hall–Kier alpha value is -4.04. The Kier molecular flexibility index (Phi) is 10.1. The molecule has 0 saturated heterocycles. The van der Waals surface area contributed by atoms with Gasteiger partial charge >= 0.3 is 0 Å². The number of hydrogen-bond donors (Lipinski definition) is 3. The molecule has 4 rings (SSSR count). The van der Waals surface area contributed by atoms with Crippen LogP contribution in [0.5, 0.6) is 0 Å². The standard InChI is InChI=1S/C33H29Cl2N3O3S/c1-21-27(35)10-7-11-28(21)38-32(41)33(2,3)42-26-18-16-25(17-19-26)36-31(40)29(20-22-12-14-24(34)15-13-22)37-30(39)23-8-5-4-6-9-23/h4-20H,1-3H3,(H,36,40)(H,37,39)(H,38,41). The summed E-state index contributed by atoms with van der Waals surface area (Å²) in [6.07, 6.45) is 1.58. The molecule has 0 aliphatic heterocycles. The molecule has 0 saturated carbocycles. The number of thioether (sulfide) groups is 1. The molecule has 214 valence electrons. The van der Waals surface area contributed by atoms with Gasteiger partial charge in [-0.05, 0) is 98.6 Å². The molecule has 6 nitrogen and oxygen atoms in total. The summed E-state index contributed by atoms with van der Waals surface area (Å²) in [6.45, 7) is 5.53. The molecule has 0 unspecified atom stereocenters. The van der Waals surface area contributed by atoms with Crippen molar-refractivity contribution in [2.45, 2.75) is 30.4 Å². The van der Waals surface area contributed by atoms with Gasteiger partial charge in [0.2, 0.25) is 5.91 Å². The summed E-state index contributed by atoms with van der Waals surface area (Å²) in [4.78, 5) is 40.0. The van der Waals surface area contributed by atoms with Crippen molar-refractivity contribution < 1.29 is 14.4 Å². The van der Waals surface area contributed by atoms with Crippen LogP contribution in [0.2, 0.25) is 10.0 Å². The lowest BCUT2D eigenvalue weighted by Crippen LogP contribution is -2.34. The van der Waals surface area contributed by atoms with E-state index in [2.05, 4.69) is 16.0 Å². The second kappa shape index (κ2) is 13.7. The van der Waals surface area contributed by atoms with Gasteiger partial charge in [0, 0.05) is 31.9 Å². The molecule has 0 fully saturated rings. The second-order valence-electron chi connectivity index (χ2n) is 9.89. The summed E-state index contributed by atoms with van der Waals surface area (Å²) in [5, 5.41) is 9.66. The molecular formula is C33H29Cl2N3O3S. The largest absolute Gasteiger partial charge is 0.325 e. The van der Waals surface area contributed by atoms with Gasteiger partial charge in [-0.1, -0.05) is 59.6 Å². The first-order valence-electron chi connectivity index (χ1n) is 13.0. The monoisotopic (exact) mass is 617 g/mol. The van der Waals surface area contributed by atoms with Gasteiger partial charge in [-0.15, -0.1) is 11.8 Å². The molecule has 4 aromatic carbocycles. The first-order chi connectivity index (χ1) is 20.0. The number of rotatable bonds is 9. The average molecular weight is 619 g/mol. The van der Waals surface area contributed by atoms with Crippen LogP contribution in [-0.2, 0) is 9.59 Å². The fraction of sp³-hybridized carbons (Fsp3) is 0.121. The Morgan fingerprint density at radius 3 is 2.12 bits per heavy atom. The Morgan fingerprint density at radius 1 is 0.786 bits per heavy atom. The molecule has 9 heteroatoms. The van der Waals surface area contributed by atoms with Gasteiger partial charge in [-0.3, -0.25) is 14.4 Å². The molecule has 0 radical (unpaired) electrons. The second-order valence-corrected chi connectivity index (χ2v) is 12.4. The lowest BCUT2D eigenvalue weighted by atomic mass is 10.1. The highest BCUT2D eigenvalue weighted by Crippen LogP contribution is 2.35. The molecule has 42 heavy (non-hydrogen) atoms. The SMILES string of the molecule is Cc1c(Cl)cccc1NC(=O)C(C)(C)Sc1ccc(NC(=O)C(=Cc2ccc(Cl)cc2)NC(=O)c2ccccc2)cc1. The van der Waals surface area contributed by atoms with Gasteiger partial charge < -0.3 is 16.0 Å². The van der Waals surface area contributed by atoms with Gasteiger partial charge in [0.15, 0.2) is 0 Å². The van der Waals surface area contributed by atoms with Crippen LogP contribution >= 0.6 is 35.0 Å². The Bertz CT molecular complexity index is 1620.